The molecule has 19 heavy (non-hydrogen) atoms. The molecule has 0 atom stereocenters. The second-order valence-corrected chi connectivity index (χ2v) is 6.02. The number of hydrogen-bond acceptors (Lipinski definition) is 4. The van der Waals surface area contributed by atoms with Crippen molar-refractivity contribution in [3.63, 3.8) is 0 Å². The molecule has 1 aromatic heterocycles. The molecule has 1 aliphatic carbocycles. The molecule has 1 aromatic rings. The Labute approximate surface area is 118 Å². The van der Waals surface area contributed by atoms with E-state index >= 15 is 0 Å². The number of rotatable bonds is 4. The first-order valence-electron chi connectivity index (χ1n) is 6.96. The van der Waals surface area contributed by atoms with Crippen LogP contribution in [0, 0.1) is 6.92 Å². The average Bonchev–Trinajstić information content (AvgIpc) is 2.84. The van der Waals surface area contributed by atoms with E-state index in [1.807, 2.05) is 6.92 Å². The van der Waals surface area contributed by atoms with E-state index in [2.05, 4.69) is 26.1 Å². The normalized spacial score (nSPS) is 17.5. The third-order valence-electron chi connectivity index (χ3n) is 3.39. The lowest BCUT2D eigenvalue weighted by Crippen LogP contribution is -2.47. The van der Waals surface area contributed by atoms with Crippen LogP contribution in [-0.4, -0.2) is 23.5 Å². The van der Waals surface area contributed by atoms with E-state index in [9.17, 15) is 0 Å². The van der Waals surface area contributed by atoms with Crippen molar-refractivity contribution in [3.8, 4) is 0 Å². The van der Waals surface area contributed by atoms with E-state index in [1.165, 1.54) is 32.1 Å². The summed E-state index contributed by atoms with van der Waals surface area (Å²) < 4.78 is 0. The summed E-state index contributed by atoms with van der Waals surface area (Å²) in [5.74, 6) is 6.22. The molecule has 5 nitrogen and oxygen atoms in total. The second kappa shape index (κ2) is 7.45. The van der Waals surface area contributed by atoms with Gasteiger partial charge < -0.3 is 5.32 Å². The molecule has 1 heterocycles. The van der Waals surface area contributed by atoms with Gasteiger partial charge in [0.2, 0.25) is 5.96 Å². The maximum absolute atomic E-state index is 5.52. The molecule has 4 N–H and O–H groups in total. The van der Waals surface area contributed by atoms with Crippen LogP contribution in [0.2, 0.25) is 0 Å². The molecule has 1 aliphatic rings. The molecule has 0 bridgehead atoms. The second-order valence-electron chi connectivity index (χ2n) is 4.96. The highest BCUT2D eigenvalue weighted by Gasteiger charge is 2.13. The highest BCUT2D eigenvalue weighted by Crippen LogP contribution is 2.17. The maximum atomic E-state index is 5.52. The summed E-state index contributed by atoms with van der Waals surface area (Å²) in [5, 5.41) is 6.59. The Hall–Kier alpha value is -1.14. The van der Waals surface area contributed by atoms with Gasteiger partial charge in [0, 0.05) is 24.4 Å². The van der Waals surface area contributed by atoms with Gasteiger partial charge in [0.25, 0.3) is 0 Å². The Balaban J connectivity index is 1.77. The van der Waals surface area contributed by atoms with Crippen LogP contribution < -0.4 is 16.6 Å². The maximum Gasteiger partial charge on any atom is 0.205 e. The summed E-state index contributed by atoms with van der Waals surface area (Å²) in [6.07, 6.45) is 7.24. The van der Waals surface area contributed by atoms with Crippen molar-refractivity contribution in [2.75, 3.05) is 6.54 Å². The molecular formula is C13H23N5S. The molecule has 0 aliphatic heterocycles. The molecule has 0 unspecified atom stereocenters. The minimum Gasteiger partial charge on any atom is -0.353 e. The lowest BCUT2D eigenvalue weighted by molar-refractivity contribution is 0.410. The van der Waals surface area contributed by atoms with Crippen molar-refractivity contribution in [1.82, 2.24) is 15.7 Å². The molecule has 1 saturated carbocycles. The van der Waals surface area contributed by atoms with Crippen LogP contribution in [0.1, 0.15) is 42.8 Å². The number of aromatic nitrogens is 1. The smallest absolute Gasteiger partial charge is 0.205 e. The van der Waals surface area contributed by atoms with Crippen molar-refractivity contribution >= 4 is 17.3 Å². The molecule has 2 rings (SSSR count). The van der Waals surface area contributed by atoms with Crippen molar-refractivity contribution in [1.29, 1.82) is 0 Å². The number of aryl methyl sites for hydroxylation is 1. The molecule has 6 heteroatoms. The van der Waals surface area contributed by atoms with Gasteiger partial charge in [-0.2, -0.15) is 0 Å². The fourth-order valence-electron chi connectivity index (χ4n) is 2.38. The molecule has 1 fully saturated rings. The largest absolute Gasteiger partial charge is 0.353 e. The molecule has 0 radical (unpaired) electrons. The molecule has 0 spiro atoms. The average molecular weight is 281 g/mol. The number of nitrogens with zero attached hydrogens (tertiary/aromatic N) is 2. The van der Waals surface area contributed by atoms with Crippen molar-refractivity contribution in [2.45, 2.75) is 51.5 Å². The summed E-state index contributed by atoms with van der Waals surface area (Å²) in [6.45, 7) is 2.73. The van der Waals surface area contributed by atoms with E-state index in [4.69, 9.17) is 5.84 Å². The molecule has 0 amide bonds. The Kier molecular flexibility index (Phi) is 5.60. The number of hydrogen-bond donors (Lipinski definition) is 3. The first-order valence-corrected chi connectivity index (χ1v) is 7.84. The van der Waals surface area contributed by atoms with Gasteiger partial charge in [-0.3, -0.25) is 10.4 Å². The molecule has 0 aromatic carbocycles. The third-order valence-corrected chi connectivity index (χ3v) is 4.21. The lowest BCUT2D eigenvalue weighted by Gasteiger charge is -2.24. The monoisotopic (exact) mass is 281 g/mol. The number of thiazole rings is 1. The van der Waals surface area contributed by atoms with E-state index in [0.29, 0.717) is 18.5 Å². The Bertz CT molecular complexity index is 409. The SMILES string of the molecule is Cc1nc(CCN=C(NN)NC2CCCCC2)cs1. The van der Waals surface area contributed by atoms with Gasteiger partial charge >= 0.3 is 0 Å². The van der Waals surface area contributed by atoms with Gasteiger partial charge in [-0.05, 0) is 19.8 Å². The van der Waals surface area contributed by atoms with E-state index in [-0.39, 0.29) is 0 Å². The van der Waals surface area contributed by atoms with Gasteiger partial charge in [0.15, 0.2) is 0 Å². The van der Waals surface area contributed by atoms with Gasteiger partial charge in [-0.15, -0.1) is 11.3 Å². The van der Waals surface area contributed by atoms with Crippen LogP contribution in [0.4, 0.5) is 0 Å². The predicted octanol–water partition coefficient (Wildman–Crippen LogP) is 1.74. The van der Waals surface area contributed by atoms with Crippen LogP contribution in [0.25, 0.3) is 0 Å². The van der Waals surface area contributed by atoms with Gasteiger partial charge in [-0.25, -0.2) is 10.8 Å². The molecule has 0 saturated heterocycles. The van der Waals surface area contributed by atoms with Gasteiger partial charge in [0.05, 0.1) is 10.7 Å². The van der Waals surface area contributed by atoms with Crippen LogP contribution in [-0.2, 0) is 6.42 Å². The minimum atomic E-state index is 0.519. The van der Waals surface area contributed by atoms with Crippen LogP contribution in [0.5, 0.6) is 0 Å². The van der Waals surface area contributed by atoms with Crippen molar-refractivity contribution in [2.24, 2.45) is 10.8 Å². The quantitative estimate of drug-likeness (QED) is 0.340. The first-order chi connectivity index (χ1) is 9.28. The van der Waals surface area contributed by atoms with Gasteiger partial charge in [0.1, 0.15) is 0 Å². The molecule has 106 valence electrons. The summed E-state index contributed by atoms with van der Waals surface area (Å²) in [4.78, 5) is 8.90. The van der Waals surface area contributed by atoms with Crippen molar-refractivity contribution in [3.05, 3.63) is 16.1 Å². The van der Waals surface area contributed by atoms with Crippen LogP contribution >= 0.6 is 11.3 Å². The number of aliphatic imine (C=N–C) groups is 1. The Morgan fingerprint density at radius 1 is 1.47 bits per heavy atom. The zero-order chi connectivity index (χ0) is 13.5. The van der Waals surface area contributed by atoms with Gasteiger partial charge in [-0.1, -0.05) is 19.3 Å². The fourth-order valence-corrected chi connectivity index (χ4v) is 3.03. The zero-order valence-electron chi connectivity index (χ0n) is 11.5. The van der Waals surface area contributed by atoms with E-state index in [1.54, 1.807) is 11.3 Å². The molecular weight excluding hydrogens is 258 g/mol. The van der Waals surface area contributed by atoms with Crippen molar-refractivity contribution < 1.29 is 0 Å². The zero-order valence-corrected chi connectivity index (χ0v) is 12.3. The minimum absolute atomic E-state index is 0.519. The Morgan fingerprint density at radius 2 is 2.26 bits per heavy atom. The summed E-state index contributed by atoms with van der Waals surface area (Å²) in [6, 6.07) is 0.519. The third kappa shape index (κ3) is 4.80. The number of nitrogens with one attached hydrogen (secondary N) is 2. The number of guanidine groups is 1. The standard InChI is InChI=1S/C13H23N5S/c1-10-16-12(9-19-10)7-8-15-13(18-14)17-11-5-3-2-4-6-11/h9,11H,2-8,14H2,1H3,(H2,15,17,18). The van der Waals surface area contributed by atoms with E-state index < -0.39 is 0 Å². The predicted molar refractivity (Wildman–Crippen MR) is 80.2 cm³/mol. The summed E-state index contributed by atoms with van der Waals surface area (Å²) >= 11 is 1.68. The number of nitrogens with two attached hydrogens (primary N) is 1. The summed E-state index contributed by atoms with van der Waals surface area (Å²) in [7, 11) is 0. The number of hydrazine groups is 1. The Morgan fingerprint density at radius 3 is 2.89 bits per heavy atom. The highest BCUT2D eigenvalue weighted by atomic mass is 32.1. The fraction of sp³-hybridized carbons (Fsp3) is 0.692. The van der Waals surface area contributed by atoms with Crippen LogP contribution in [0.3, 0.4) is 0 Å². The summed E-state index contributed by atoms with van der Waals surface area (Å²) in [5.41, 5.74) is 3.77. The topological polar surface area (TPSA) is 75.3 Å². The highest BCUT2D eigenvalue weighted by molar-refractivity contribution is 7.09. The van der Waals surface area contributed by atoms with Crippen LogP contribution in [0.15, 0.2) is 10.4 Å². The lowest BCUT2D eigenvalue weighted by atomic mass is 9.96. The first kappa shape index (κ1) is 14.3. The van der Waals surface area contributed by atoms with E-state index in [0.717, 1.165) is 17.1 Å².